The number of hydrogen-bond acceptors (Lipinski definition) is 5. The van der Waals surface area contributed by atoms with Crippen molar-refractivity contribution in [3.63, 3.8) is 0 Å². The molecule has 0 bridgehead atoms. The summed E-state index contributed by atoms with van der Waals surface area (Å²) in [6.45, 7) is 2.20. The van der Waals surface area contributed by atoms with Gasteiger partial charge in [-0.25, -0.2) is 0 Å². The maximum Gasteiger partial charge on any atom is 0.214 e. The first-order valence-electron chi connectivity index (χ1n) is 7.24. The van der Waals surface area contributed by atoms with Crippen molar-refractivity contribution in [2.24, 2.45) is 0 Å². The van der Waals surface area contributed by atoms with Gasteiger partial charge in [0.1, 0.15) is 6.54 Å². The fraction of sp³-hybridized carbons (Fsp3) is 0.267. The third-order valence-electron chi connectivity index (χ3n) is 3.15. The van der Waals surface area contributed by atoms with E-state index >= 15 is 0 Å². The molecule has 0 atom stereocenters. The second-order valence-electron chi connectivity index (χ2n) is 4.77. The second-order valence-corrected chi connectivity index (χ2v) is 6.87. The van der Waals surface area contributed by atoms with Crippen LogP contribution < -0.4 is 5.32 Å². The van der Waals surface area contributed by atoms with E-state index in [0.29, 0.717) is 0 Å². The van der Waals surface area contributed by atoms with Crippen LogP contribution in [0, 0.1) is 0 Å². The van der Waals surface area contributed by atoms with Gasteiger partial charge in [0.05, 0.1) is 17.1 Å². The van der Waals surface area contributed by atoms with E-state index in [9.17, 15) is 0 Å². The van der Waals surface area contributed by atoms with Gasteiger partial charge in [0.2, 0.25) is 5.16 Å². The minimum atomic E-state index is 0.851. The summed E-state index contributed by atoms with van der Waals surface area (Å²) in [4.78, 5) is 1.43. The fourth-order valence-corrected chi connectivity index (χ4v) is 3.62. The van der Waals surface area contributed by atoms with Crippen molar-refractivity contribution in [1.82, 2.24) is 20.2 Å². The van der Waals surface area contributed by atoms with Gasteiger partial charge < -0.3 is 5.32 Å². The molecule has 0 aliphatic heterocycles. The van der Waals surface area contributed by atoms with Crippen LogP contribution >= 0.6 is 23.1 Å². The number of aromatic nitrogens is 4. The number of quaternary nitrogens is 1. The molecule has 0 saturated carbocycles. The van der Waals surface area contributed by atoms with Crippen molar-refractivity contribution in [1.29, 1.82) is 0 Å². The van der Waals surface area contributed by atoms with Crippen LogP contribution in [-0.4, -0.2) is 32.5 Å². The molecular formula is C15H18N5S2+. The van der Waals surface area contributed by atoms with Crippen LogP contribution in [-0.2, 0) is 6.54 Å². The van der Waals surface area contributed by atoms with Gasteiger partial charge in [-0.1, -0.05) is 36.0 Å². The number of para-hydroxylation sites is 1. The lowest BCUT2D eigenvalue weighted by atomic mass is 10.3. The lowest BCUT2D eigenvalue weighted by Gasteiger charge is -2.03. The quantitative estimate of drug-likeness (QED) is 0.506. The van der Waals surface area contributed by atoms with Crippen molar-refractivity contribution in [2.75, 3.05) is 12.3 Å². The summed E-state index contributed by atoms with van der Waals surface area (Å²) >= 11 is 3.52. The molecule has 3 rings (SSSR count). The van der Waals surface area contributed by atoms with Crippen LogP contribution in [0.25, 0.3) is 5.69 Å². The Labute approximate surface area is 137 Å². The molecule has 3 aromatic rings. The molecule has 0 saturated heterocycles. The normalized spacial score (nSPS) is 10.9. The molecule has 0 unspecified atom stereocenters. The van der Waals surface area contributed by atoms with Gasteiger partial charge in [-0.2, -0.15) is 4.68 Å². The predicted octanol–water partition coefficient (Wildman–Crippen LogP) is 1.97. The van der Waals surface area contributed by atoms with Gasteiger partial charge in [-0.3, -0.25) is 0 Å². The van der Waals surface area contributed by atoms with Crippen LogP contribution in [0.5, 0.6) is 0 Å². The van der Waals surface area contributed by atoms with E-state index in [1.54, 1.807) is 16.4 Å². The second kappa shape index (κ2) is 8.07. The van der Waals surface area contributed by atoms with Crippen LogP contribution in [0.4, 0.5) is 0 Å². The zero-order valence-electron chi connectivity index (χ0n) is 12.1. The maximum atomic E-state index is 4.11. The third-order valence-corrected chi connectivity index (χ3v) is 5.06. The molecule has 2 N–H and O–H groups in total. The molecule has 114 valence electrons. The summed E-state index contributed by atoms with van der Waals surface area (Å²) in [5.41, 5.74) is 0.999. The van der Waals surface area contributed by atoms with Gasteiger partial charge in [-0.15, -0.1) is 16.4 Å². The highest BCUT2D eigenvalue weighted by molar-refractivity contribution is 7.99. The molecule has 0 spiro atoms. The Balaban J connectivity index is 1.42. The Morgan fingerprint density at radius 3 is 2.86 bits per heavy atom. The predicted molar refractivity (Wildman–Crippen MR) is 89.3 cm³/mol. The minimum absolute atomic E-state index is 0.851. The monoisotopic (exact) mass is 332 g/mol. The number of benzene rings is 1. The smallest absolute Gasteiger partial charge is 0.214 e. The Bertz CT molecular complexity index is 666. The molecule has 2 heterocycles. The van der Waals surface area contributed by atoms with E-state index in [2.05, 4.69) is 38.4 Å². The molecule has 0 radical (unpaired) electrons. The van der Waals surface area contributed by atoms with Gasteiger partial charge >= 0.3 is 0 Å². The Kier molecular flexibility index (Phi) is 5.58. The summed E-state index contributed by atoms with van der Waals surface area (Å²) in [5.74, 6) is 1.02. The highest BCUT2D eigenvalue weighted by atomic mass is 32.2. The number of rotatable bonds is 8. The van der Waals surface area contributed by atoms with Gasteiger partial charge in [0.15, 0.2) is 0 Å². The van der Waals surface area contributed by atoms with E-state index in [1.165, 1.54) is 4.88 Å². The first kappa shape index (κ1) is 15.2. The number of nitrogens with two attached hydrogens (primary N) is 1. The topological polar surface area (TPSA) is 60.2 Å². The summed E-state index contributed by atoms with van der Waals surface area (Å²) in [5, 5.41) is 17.3. The zero-order valence-corrected chi connectivity index (χ0v) is 13.8. The van der Waals surface area contributed by atoms with E-state index in [1.807, 2.05) is 41.7 Å². The van der Waals surface area contributed by atoms with Crippen molar-refractivity contribution < 1.29 is 5.32 Å². The number of thiophene rings is 1. The molecular weight excluding hydrogens is 314 g/mol. The van der Waals surface area contributed by atoms with Crippen LogP contribution in [0.2, 0.25) is 0 Å². The summed E-state index contributed by atoms with van der Waals surface area (Å²) in [6, 6.07) is 14.3. The van der Waals surface area contributed by atoms with Crippen LogP contribution in [0.1, 0.15) is 11.3 Å². The maximum absolute atomic E-state index is 4.11. The number of thioether (sulfide) groups is 1. The van der Waals surface area contributed by atoms with E-state index in [4.69, 9.17) is 0 Å². The van der Waals surface area contributed by atoms with Gasteiger partial charge in [0, 0.05) is 12.2 Å². The third kappa shape index (κ3) is 4.16. The molecule has 5 nitrogen and oxygen atoms in total. The van der Waals surface area contributed by atoms with Crippen molar-refractivity contribution >= 4 is 23.1 Å². The lowest BCUT2D eigenvalue weighted by Crippen LogP contribution is -2.82. The largest absolute Gasteiger partial charge is 0.342 e. The molecule has 0 fully saturated rings. The fourth-order valence-electron chi connectivity index (χ4n) is 2.06. The molecule has 22 heavy (non-hydrogen) atoms. The van der Waals surface area contributed by atoms with Crippen molar-refractivity contribution in [3.8, 4) is 5.69 Å². The van der Waals surface area contributed by atoms with Gasteiger partial charge in [-0.05, 0) is 34.0 Å². The van der Waals surface area contributed by atoms with E-state index in [0.717, 1.165) is 36.1 Å². The van der Waals surface area contributed by atoms with E-state index < -0.39 is 0 Å². The first-order valence-corrected chi connectivity index (χ1v) is 9.10. The first-order chi connectivity index (χ1) is 10.9. The highest BCUT2D eigenvalue weighted by Crippen LogP contribution is 2.18. The van der Waals surface area contributed by atoms with Crippen LogP contribution in [0.3, 0.4) is 0 Å². The highest BCUT2D eigenvalue weighted by Gasteiger charge is 2.08. The van der Waals surface area contributed by atoms with Crippen LogP contribution in [0.15, 0.2) is 53.0 Å². The molecule has 2 aromatic heterocycles. The Hall–Kier alpha value is -1.70. The number of nitrogens with zero attached hydrogens (tertiary/aromatic N) is 4. The van der Waals surface area contributed by atoms with Crippen molar-refractivity contribution in [3.05, 3.63) is 52.7 Å². The minimum Gasteiger partial charge on any atom is -0.342 e. The lowest BCUT2D eigenvalue weighted by molar-refractivity contribution is -0.669. The molecule has 7 heteroatoms. The average Bonchev–Trinajstić information content (AvgIpc) is 3.23. The zero-order chi connectivity index (χ0) is 15.0. The number of hydrogen-bond donors (Lipinski definition) is 1. The number of tetrazole rings is 1. The van der Waals surface area contributed by atoms with E-state index in [-0.39, 0.29) is 0 Å². The molecule has 0 aliphatic rings. The van der Waals surface area contributed by atoms with Gasteiger partial charge in [0.25, 0.3) is 0 Å². The Morgan fingerprint density at radius 2 is 2.05 bits per heavy atom. The summed E-state index contributed by atoms with van der Waals surface area (Å²) in [6.07, 6.45) is 1.14. The standard InChI is InChI=1S/C15H17N5S2/c1-2-6-13(7-3-1)20-15(17-18-19-20)22-11-5-9-16-12-14-8-4-10-21-14/h1-4,6-8,10,16H,5,9,11-12H2/p+1. The SMILES string of the molecule is c1ccc(-n2nnnc2SCCC[NH2+]Cc2cccs2)cc1. The Morgan fingerprint density at radius 1 is 1.14 bits per heavy atom. The summed E-state index contributed by atoms with van der Waals surface area (Å²) in [7, 11) is 0. The van der Waals surface area contributed by atoms with Crippen molar-refractivity contribution in [2.45, 2.75) is 18.1 Å². The summed E-state index contributed by atoms with van der Waals surface area (Å²) < 4.78 is 1.79. The molecule has 1 aromatic carbocycles. The molecule has 0 amide bonds. The average molecular weight is 332 g/mol. The molecule has 0 aliphatic carbocycles.